The van der Waals surface area contributed by atoms with Gasteiger partial charge in [0.15, 0.2) is 5.78 Å². The number of allylic oxidation sites excluding steroid dienone is 3. The molecule has 0 unspecified atom stereocenters. The highest BCUT2D eigenvalue weighted by molar-refractivity contribution is 6.31. The summed E-state index contributed by atoms with van der Waals surface area (Å²) in [5.74, 6) is 0.404. The van der Waals surface area contributed by atoms with E-state index in [2.05, 4.69) is 6.58 Å². The molecule has 0 radical (unpaired) electrons. The molecular formula is C11H16ClNO2. The maximum atomic E-state index is 10.7. The molecule has 0 amide bonds. The van der Waals surface area contributed by atoms with Crippen molar-refractivity contribution < 1.29 is 9.53 Å². The highest BCUT2D eigenvalue weighted by Gasteiger charge is 1.99. The van der Waals surface area contributed by atoms with Crippen LogP contribution >= 0.6 is 11.6 Å². The van der Waals surface area contributed by atoms with Gasteiger partial charge in [0.1, 0.15) is 12.4 Å². The number of Topliss-reactive ketones (excluding diaryl/α,β-unsaturated/α-hetero) is 1. The lowest BCUT2D eigenvalue weighted by Crippen LogP contribution is -2.04. The highest BCUT2D eigenvalue weighted by Crippen LogP contribution is 2.13. The Labute approximate surface area is 95.2 Å². The molecule has 3 nitrogen and oxygen atoms in total. The minimum atomic E-state index is -0.0570. The molecule has 0 aliphatic carbocycles. The van der Waals surface area contributed by atoms with Crippen LogP contribution in [0.3, 0.4) is 0 Å². The number of carbonyl (C=O) groups is 1. The molecular weight excluding hydrogens is 214 g/mol. The largest absolute Gasteiger partial charge is 0.486 e. The van der Waals surface area contributed by atoms with Crippen LogP contribution in [-0.4, -0.2) is 18.9 Å². The average Bonchev–Trinajstić information content (AvgIpc) is 2.22. The van der Waals surface area contributed by atoms with Crippen molar-refractivity contribution in [2.24, 2.45) is 5.73 Å². The van der Waals surface area contributed by atoms with Crippen molar-refractivity contribution in [1.82, 2.24) is 0 Å². The summed E-state index contributed by atoms with van der Waals surface area (Å²) in [5.41, 5.74) is 6.27. The first-order valence-corrected chi connectivity index (χ1v) is 4.90. The molecule has 0 aromatic heterocycles. The van der Waals surface area contributed by atoms with Crippen LogP contribution in [0.5, 0.6) is 0 Å². The lowest BCUT2D eigenvalue weighted by molar-refractivity contribution is -0.120. The summed E-state index contributed by atoms with van der Waals surface area (Å²) in [7, 11) is 0. The predicted molar refractivity (Wildman–Crippen MR) is 62.5 cm³/mol. The first-order valence-electron chi connectivity index (χ1n) is 4.53. The average molecular weight is 230 g/mol. The Morgan fingerprint density at radius 3 is 2.53 bits per heavy atom. The van der Waals surface area contributed by atoms with E-state index in [1.54, 1.807) is 6.08 Å². The molecule has 84 valence electrons. The van der Waals surface area contributed by atoms with Gasteiger partial charge in [-0.3, -0.25) is 4.79 Å². The van der Waals surface area contributed by atoms with Gasteiger partial charge >= 0.3 is 0 Å². The van der Waals surface area contributed by atoms with Gasteiger partial charge in [-0.1, -0.05) is 18.2 Å². The van der Waals surface area contributed by atoms with E-state index in [0.29, 0.717) is 17.3 Å². The van der Waals surface area contributed by atoms with Crippen LogP contribution in [0.1, 0.15) is 13.8 Å². The van der Waals surface area contributed by atoms with Gasteiger partial charge in [0.25, 0.3) is 0 Å². The smallest absolute Gasteiger partial charge is 0.167 e. The van der Waals surface area contributed by atoms with Crippen LogP contribution in [0, 0.1) is 0 Å². The van der Waals surface area contributed by atoms with Crippen molar-refractivity contribution in [3.63, 3.8) is 0 Å². The quantitative estimate of drug-likeness (QED) is 0.561. The second kappa shape index (κ2) is 7.26. The maximum absolute atomic E-state index is 10.7. The van der Waals surface area contributed by atoms with E-state index in [1.807, 2.05) is 6.92 Å². The molecule has 4 heteroatoms. The van der Waals surface area contributed by atoms with Crippen LogP contribution < -0.4 is 5.73 Å². The summed E-state index contributed by atoms with van der Waals surface area (Å²) in [6.07, 6.45) is 3.09. The van der Waals surface area contributed by atoms with E-state index in [4.69, 9.17) is 22.1 Å². The van der Waals surface area contributed by atoms with E-state index in [-0.39, 0.29) is 12.4 Å². The highest BCUT2D eigenvalue weighted by atomic mass is 35.5. The summed E-state index contributed by atoms with van der Waals surface area (Å²) < 4.78 is 5.15. The number of hydrogen-bond donors (Lipinski definition) is 1. The van der Waals surface area contributed by atoms with Crippen LogP contribution in [-0.2, 0) is 9.53 Å². The Bertz CT molecular complexity index is 306. The van der Waals surface area contributed by atoms with Crippen LogP contribution in [0.25, 0.3) is 0 Å². The molecule has 0 atom stereocenters. The molecule has 0 rings (SSSR count). The van der Waals surface area contributed by atoms with Gasteiger partial charge in [0, 0.05) is 11.6 Å². The number of halogens is 1. The Morgan fingerprint density at radius 2 is 2.13 bits per heavy atom. The molecule has 2 N–H and O–H groups in total. The SMILES string of the molecule is C=C/C(=C\C(Cl)=C(/C)CN)OCC(C)=O. The Balaban J connectivity index is 4.59. The van der Waals surface area contributed by atoms with Crippen LogP contribution in [0.2, 0.25) is 0 Å². The van der Waals surface area contributed by atoms with E-state index < -0.39 is 0 Å². The van der Waals surface area contributed by atoms with Crippen LogP contribution in [0.4, 0.5) is 0 Å². The molecule has 0 saturated carbocycles. The second-order valence-corrected chi connectivity index (χ2v) is 3.48. The summed E-state index contributed by atoms with van der Waals surface area (Å²) in [6.45, 7) is 7.23. The Hall–Kier alpha value is -1.06. The second-order valence-electron chi connectivity index (χ2n) is 3.07. The van der Waals surface area contributed by atoms with Crippen molar-refractivity contribution in [3.8, 4) is 0 Å². The third-order valence-corrected chi connectivity index (χ3v) is 2.06. The number of carbonyl (C=O) groups excluding carboxylic acids is 1. The van der Waals surface area contributed by atoms with Gasteiger partial charge in [0.2, 0.25) is 0 Å². The summed E-state index contributed by atoms with van der Waals surface area (Å²) in [6, 6.07) is 0. The van der Waals surface area contributed by atoms with E-state index >= 15 is 0 Å². The standard InChI is InChI=1S/C11H16ClNO2/c1-4-10(15-7-9(3)14)5-11(12)8(2)6-13/h4-5H,1,6-7,13H2,2-3H3/b10-5+,11-8-. The zero-order valence-electron chi connectivity index (χ0n) is 9.05. The van der Waals surface area contributed by atoms with Crippen molar-refractivity contribution in [2.75, 3.05) is 13.2 Å². The Morgan fingerprint density at radius 1 is 1.53 bits per heavy atom. The number of hydrogen-bond acceptors (Lipinski definition) is 3. The molecule has 0 aliphatic heterocycles. The normalized spacial score (nSPS) is 13.2. The fourth-order valence-corrected chi connectivity index (χ4v) is 0.875. The molecule has 0 heterocycles. The molecule has 0 saturated heterocycles. The molecule has 0 aromatic rings. The number of nitrogens with two attached hydrogens (primary N) is 1. The number of ether oxygens (including phenoxy) is 1. The zero-order valence-corrected chi connectivity index (χ0v) is 9.80. The van der Waals surface area contributed by atoms with Crippen molar-refractivity contribution >= 4 is 17.4 Å². The van der Waals surface area contributed by atoms with Crippen LogP contribution in [0.15, 0.2) is 35.1 Å². The van der Waals surface area contributed by atoms with E-state index in [9.17, 15) is 4.79 Å². The fraction of sp³-hybridized carbons (Fsp3) is 0.364. The number of ketones is 1. The third-order valence-electron chi connectivity index (χ3n) is 1.63. The topological polar surface area (TPSA) is 52.3 Å². The first-order chi connectivity index (χ1) is 7.01. The van der Waals surface area contributed by atoms with Crippen molar-refractivity contribution in [3.05, 3.63) is 35.1 Å². The molecule has 0 aliphatic rings. The third kappa shape index (κ3) is 6.10. The summed E-state index contributed by atoms with van der Waals surface area (Å²) >= 11 is 5.93. The molecule has 0 aromatic carbocycles. The van der Waals surface area contributed by atoms with Gasteiger partial charge in [-0.15, -0.1) is 0 Å². The lowest BCUT2D eigenvalue weighted by Gasteiger charge is -2.05. The van der Waals surface area contributed by atoms with Crippen molar-refractivity contribution in [1.29, 1.82) is 0 Å². The van der Waals surface area contributed by atoms with Gasteiger partial charge in [-0.2, -0.15) is 0 Å². The molecule has 0 fully saturated rings. The lowest BCUT2D eigenvalue weighted by atomic mass is 10.2. The summed E-state index contributed by atoms with van der Waals surface area (Å²) in [4.78, 5) is 10.7. The summed E-state index contributed by atoms with van der Waals surface area (Å²) in [5, 5.41) is 0.510. The predicted octanol–water partition coefficient (Wildman–Crippen LogP) is 2.13. The minimum absolute atomic E-state index is 0.0176. The first kappa shape index (κ1) is 13.9. The molecule has 15 heavy (non-hydrogen) atoms. The van der Waals surface area contributed by atoms with Gasteiger partial charge in [-0.05, 0) is 31.6 Å². The molecule has 0 bridgehead atoms. The zero-order chi connectivity index (χ0) is 11.8. The van der Waals surface area contributed by atoms with Gasteiger partial charge in [0.05, 0.1) is 0 Å². The minimum Gasteiger partial charge on any atom is -0.486 e. The van der Waals surface area contributed by atoms with Crippen molar-refractivity contribution in [2.45, 2.75) is 13.8 Å². The molecule has 0 spiro atoms. The number of rotatable bonds is 6. The van der Waals surface area contributed by atoms with Gasteiger partial charge in [-0.25, -0.2) is 0 Å². The monoisotopic (exact) mass is 229 g/mol. The Kier molecular flexibility index (Phi) is 6.75. The van der Waals surface area contributed by atoms with E-state index in [0.717, 1.165) is 5.57 Å². The maximum Gasteiger partial charge on any atom is 0.167 e. The van der Waals surface area contributed by atoms with E-state index in [1.165, 1.54) is 13.0 Å². The fourth-order valence-electron chi connectivity index (χ4n) is 0.690. The van der Waals surface area contributed by atoms with Gasteiger partial charge < -0.3 is 10.5 Å².